The molecule has 2 amide bonds. The number of amides is 2. The molecule has 0 radical (unpaired) electrons. The second-order valence-corrected chi connectivity index (χ2v) is 8.42. The Morgan fingerprint density at radius 3 is 2.65 bits per heavy atom. The minimum atomic E-state index is -0.944. The summed E-state index contributed by atoms with van der Waals surface area (Å²) in [7, 11) is 0. The molecule has 4 rings (SSSR count). The Hall–Kier alpha value is -3.29. The molecule has 1 unspecified atom stereocenters. The maximum atomic E-state index is 13.1. The summed E-state index contributed by atoms with van der Waals surface area (Å²) >= 11 is 0. The van der Waals surface area contributed by atoms with Gasteiger partial charge in [-0.15, -0.1) is 0 Å². The number of nitrogens with one attached hydrogen (secondary N) is 2. The predicted octanol–water partition coefficient (Wildman–Crippen LogP) is 3.82. The average molecular weight is 422 g/mol. The third-order valence-corrected chi connectivity index (χ3v) is 6.50. The molecule has 0 spiro atoms. The van der Waals surface area contributed by atoms with Gasteiger partial charge >= 0.3 is 12.0 Å². The lowest BCUT2D eigenvalue weighted by molar-refractivity contribution is -0.139. The number of carboxylic acid groups (broad SMARTS) is 1. The minimum Gasteiger partial charge on any atom is -0.481 e. The van der Waals surface area contributed by atoms with Crippen LogP contribution in [0.3, 0.4) is 0 Å². The highest BCUT2D eigenvalue weighted by Gasteiger charge is 2.42. The van der Waals surface area contributed by atoms with Crippen molar-refractivity contribution in [3.63, 3.8) is 0 Å². The molecule has 1 heterocycles. The summed E-state index contributed by atoms with van der Waals surface area (Å²) in [6.45, 7) is 1.87. The summed E-state index contributed by atoms with van der Waals surface area (Å²) in [4.78, 5) is 45.0. The Labute approximate surface area is 180 Å². The molecular formula is C23H26N4O4. The lowest BCUT2D eigenvalue weighted by Gasteiger charge is -2.34. The van der Waals surface area contributed by atoms with Crippen molar-refractivity contribution in [2.45, 2.75) is 57.9 Å². The molecular weight excluding hydrogens is 396 g/mol. The van der Waals surface area contributed by atoms with Crippen LogP contribution < -0.4 is 10.6 Å². The number of benzene rings is 1. The van der Waals surface area contributed by atoms with Gasteiger partial charge in [0.1, 0.15) is 0 Å². The number of ketones is 1. The molecule has 1 saturated carbocycles. The Balaban J connectivity index is 1.48. The van der Waals surface area contributed by atoms with Gasteiger partial charge in [-0.2, -0.15) is 0 Å². The fraction of sp³-hybridized carbons (Fsp3) is 0.435. The van der Waals surface area contributed by atoms with Crippen molar-refractivity contribution in [2.75, 3.05) is 5.32 Å². The van der Waals surface area contributed by atoms with Gasteiger partial charge in [-0.25, -0.2) is 9.78 Å². The number of hydrogen-bond donors (Lipinski definition) is 3. The second kappa shape index (κ2) is 8.45. The number of nitrogens with zero attached hydrogens (tertiary/aromatic N) is 2. The number of carbonyl (C=O) groups is 3. The summed E-state index contributed by atoms with van der Waals surface area (Å²) in [6.07, 6.45) is 7.79. The van der Waals surface area contributed by atoms with Crippen LogP contribution in [-0.4, -0.2) is 38.9 Å². The van der Waals surface area contributed by atoms with Crippen LogP contribution in [0, 0.1) is 5.41 Å². The van der Waals surface area contributed by atoms with Crippen LogP contribution in [0.15, 0.2) is 30.6 Å². The van der Waals surface area contributed by atoms with Gasteiger partial charge in [0.2, 0.25) is 0 Å². The molecule has 0 bridgehead atoms. The van der Waals surface area contributed by atoms with E-state index in [4.69, 9.17) is 0 Å². The molecule has 0 saturated heterocycles. The van der Waals surface area contributed by atoms with Crippen molar-refractivity contribution in [2.24, 2.45) is 5.41 Å². The molecule has 0 aliphatic heterocycles. The molecule has 1 fully saturated rings. The number of carboxylic acids is 1. The fourth-order valence-corrected chi connectivity index (χ4v) is 4.31. The van der Waals surface area contributed by atoms with E-state index < -0.39 is 11.4 Å². The number of fused-ring (bicyclic) bond motifs is 1. The summed E-state index contributed by atoms with van der Waals surface area (Å²) in [5, 5.41) is 14.8. The van der Waals surface area contributed by atoms with Gasteiger partial charge in [-0.05, 0) is 50.2 Å². The molecule has 1 atom stereocenters. The Morgan fingerprint density at radius 2 is 2.03 bits per heavy atom. The van der Waals surface area contributed by atoms with Crippen molar-refractivity contribution in [1.82, 2.24) is 15.3 Å². The van der Waals surface area contributed by atoms with Crippen molar-refractivity contribution >= 4 is 23.6 Å². The number of aliphatic carboxylic acids is 1. The van der Waals surface area contributed by atoms with E-state index in [0.29, 0.717) is 36.3 Å². The van der Waals surface area contributed by atoms with Crippen molar-refractivity contribution in [3.8, 4) is 11.3 Å². The van der Waals surface area contributed by atoms with Gasteiger partial charge in [0.25, 0.3) is 0 Å². The first-order valence-corrected chi connectivity index (χ1v) is 10.7. The molecule has 1 aromatic heterocycles. The first-order valence-electron chi connectivity index (χ1n) is 10.7. The van der Waals surface area contributed by atoms with E-state index in [2.05, 4.69) is 20.6 Å². The Morgan fingerprint density at radius 1 is 1.23 bits per heavy atom. The molecule has 2 aromatic rings. The second-order valence-electron chi connectivity index (χ2n) is 8.42. The first-order chi connectivity index (χ1) is 14.9. The minimum absolute atomic E-state index is 0.0895. The van der Waals surface area contributed by atoms with Crippen molar-refractivity contribution < 1.29 is 19.5 Å². The van der Waals surface area contributed by atoms with Crippen LogP contribution in [0.1, 0.15) is 61.4 Å². The summed E-state index contributed by atoms with van der Waals surface area (Å²) in [5.41, 5.74) is 2.13. The van der Waals surface area contributed by atoms with Crippen molar-refractivity contribution in [1.29, 1.82) is 0 Å². The fourth-order valence-electron chi connectivity index (χ4n) is 4.31. The molecule has 2 aliphatic rings. The normalized spacial score (nSPS) is 20.5. The smallest absolute Gasteiger partial charge is 0.320 e. The maximum Gasteiger partial charge on any atom is 0.320 e. The van der Waals surface area contributed by atoms with Crippen molar-refractivity contribution in [3.05, 3.63) is 41.7 Å². The third kappa shape index (κ3) is 4.28. The van der Waals surface area contributed by atoms with E-state index >= 15 is 0 Å². The number of anilines is 1. The van der Waals surface area contributed by atoms with E-state index in [1.807, 2.05) is 19.1 Å². The average Bonchev–Trinajstić information content (AvgIpc) is 2.73. The van der Waals surface area contributed by atoms with Crippen LogP contribution in [0.4, 0.5) is 10.6 Å². The number of aromatic nitrogens is 2. The van der Waals surface area contributed by atoms with Crippen LogP contribution in [0.5, 0.6) is 0 Å². The monoisotopic (exact) mass is 422 g/mol. The van der Waals surface area contributed by atoms with E-state index in [1.165, 1.54) is 6.20 Å². The van der Waals surface area contributed by atoms with Crippen LogP contribution >= 0.6 is 0 Å². The highest BCUT2D eigenvalue weighted by Crippen LogP contribution is 2.41. The lowest BCUT2D eigenvalue weighted by atomic mass is 9.67. The zero-order valence-corrected chi connectivity index (χ0v) is 17.5. The number of Topliss-reactive ketones (excluding diaryl/α,β-unsaturated/α-hetero) is 1. The van der Waals surface area contributed by atoms with Gasteiger partial charge in [0.05, 0.1) is 24.5 Å². The highest BCUT2D eigenvalue weighted by atomic mass is 16.4. The predicted molar refractivity (Wildman–Crippen MR) is 115 cm³/mol. The van der Waals surface area contributed by atoms with Crippen LogP contribution in [0.25, 0.3) is 11.3 Å². The Kier molecular flexibility index (Phi) is 5.71. The van der Waals surface area contributed by atoms with Crippen LogP contribution in [-0.2, 0) is 11.2 Å². The van der Waals surface area contributed by atoms with Gasteiger partial charge < -0.3 is 10.4 Å². The summed E-state index contributed by atoms with van der Waals surface area (Å²) < 4.78 is 0. The van der Waals surface area contributed by atoms with E-state index in [1.54, 1.807) is 12.3 Å². The van der Waals surface area contributed by atoms with E-state index in [-0.39, 0.29) is 24.3 Å². The van der Waals surface area contributed by atoms with Gasteiger partial charge in [-0.1, -0.05) is 19.1 Å². The van der Waals surface area contributed by atoms with Gasteiger partial charge in [0.15, 0.2) is 11.6 Å². The molecule has 31 heavy (non-hydrogen) atoms. The number of urea groups is 1. The zero-order chi connectivity index (χ0) is 22.0. The zero-order valence-electron chi connectivity index (χ0n) is 17.5. The topological polar surface area (TPSA) is 121 Å². The molecule has 1 aromatic carbocycles. The molecule has 8 nitrogen and oxygen atoms in total. The first kappa shape index (κ1) is 21.0. The molecule has 2 aliphatic carbocycles. The molecule has 162 valence electrons. The highest BCUT2D eigenvalue weighted by molar-refractivity contribution is 6.04. The lowest BCUT2D eigenvalue weighted by Crippen LogP contribution is -2.42. The third-order valence-electron chi connectivity index (χ3n) is 6.50. The molecule has 3 N–H and O–H groups in total. The number of hydrogen-bond acceptors (Lipinski definition) is 5. The summed E-state index contributed by atoms with van der Waals surface area (Å²) in [5.74, 6) is -0.663. The number of aryl methyl sites for hydroxylation is 1. The number of carbonyl (C=O) groups excluding carboxylic acids is 2. The van der Waals surface area contributed by atoms with E-state index in [0.717, 1.165) is 30.4 Å². The standard InChI is InChI=1S/C23H26N4O4/c1-2-23(11-20(28)29)9-8-14-10-15(6-7-17(14)21(23)30)18-12-25-19(13-24-18)27-22(31)26-16-4-3-5-16/h6-7,10,12-13,16H,2-5,8-9,11H2,1H3,(H,28,29)(H2,25,26,27,31). The maximum absolute atomic E-state index is 13.1. The van der Waals surface area contributed by atoms with Gasteiger partial charge in [0, 0.05) is 22.6 Å². The Bertz CT molecular complexity index is 1020. The SMILES string of the molecule is CCC1(CC(=O)O)CCc2cc(-c3cnc(NC(=O)NC4CCC4)cn3)ccc2C1=O. The van der Waals surface area contributed by atoms with Crippen LogP contribution in [0.2, 0.25) is 0 Å². The van der Waals surface area contributed by atoms with E-state index in [9.17, 15) is 19.5 Å². The summed E-state index contributed by atoms with van der Waals surface area (Å²) in [6, 6.07) is 5.46. The molecule has 8 heteroatoms. The largest absolute Gasteiger partial charge is 0.481 e. The quantitative estimate of drug-likeness (QED) is 0.651. The van der Waals surface area contributed by atoms with Gasteiger partial charge in [-0.3, -0.25) is 19.9 Å². The number of rotatable bonds is 6.